The second-order valence-corrected chi connectivity index (χ2v) is 6.92. The lowest BCUT2D eigenvalue weighted by Crippen LogP contribution is -2.50. The summed E-state index contributed by atoms with van der Waals surface area (Å²) in [5.41, 5.74) is 0.505. The average molecular weight is 253 g/mol. The number of piperidine rings is 1. The van der Waals surface area contributed by atoms with E-state index in [0.717, 1.165) is 12.0 Å². The van der Waals surface area contributed by atoms with E-state index in [-0.39, 0.29) is 0 Å². The number of likely N-dealkylation sites (N-methyl/N-ethyl adjacent to an activating group) is 2. The van der Waals surface area contributed by atoms with Crippen molar-refractivity contribution in [2.24, 2.45) is 11.3 Å². The first-order valence-electron chi connectivity index (χ1n) is 7.63. The van der Waals surface area contributed by atoms with E-state index in [0.29, 0.717) is 5.41 Å². The highest BCUT2D eigenvalue weighted by atomic mass is 15.2. The van der Waals surface area contributed by atoms with Crippen LogP contribution in [0.15, 0.2) is 0 Å². The van der Waals surface area contributed by atoms with Crippen LogP contribution in [0.25, 0.3) is 0 Å². The Kier molecular flexibility index (Phi) is 4.68. The number of nitrogens with zero attached hydrogens (tertiary/aromatic N) is 2. The Balaban J connectivity index is 1.94. The van der Waals surface area contributed by atoms with Gasteiger partial charge in [0.25, 0.3) is 0 Å². The van der Waals surface area contributed by atoms with Gasteiger partial charge in [-0.15, -0.1) is 0 Å². The molecular formula is C15H31N3. The van der Waals surface area contributed by atoms with Gasteiger partial charge in [-0.3, -0.25) is 0 Å². The molecule has 2 aliphatic rings. The highest BCUT2D eigenvalue weighted by molar-refractivity contribution is 4.94. The van der Waals surface area contributed by atoms with Gasteiger partial charge >= 0.3 is 0 Å². The van der Waals surface area contributed by atoms with Crippen molar-refractivity contribution in [3.8, 4) is 0 Å². The summed E-state index contributed by atoms with van der Waals surface area (Å²) in [6, 6.07) is 0.764. The molecule has 0 bridgehead atoms. The fourth-order valence-electron chi connectivity index (χ4n) is 3.70. The second kappa shape index (κ2) is 5.89. The summed E-state index contributed by atoms with van der Waals surface area (Å²) in [6.07, 6.45) is 4.08. The van der Waals surface area contributed by atoms with Gasteiger partial charge in [0.1, 0.15) is 0 Å². The number of hydrogen-bond acceptors (Lipinski definition) is 3. The smallest absolute Gasteiger partial charge is 0.0220 e. The van der Waals surface area contributed by atoms with Crippen molar-refractivity contribution in [2.45, 2.75) is 39.2 Å². The van der Waals surface area contributed by atoms with Gasteiger partial charge < -0.3 is 15.1 Å². The van der Waals surface area contributed by atoms with E-state index >= 15 is 0 Å². The van der Waals surface area contributed by atoms with Crippen LogP contribution in [-0.4, -0.2) is 62.7 Å². The van der Waals surface area contributed by atoms with E-state index in [1.807, 2.05) is 0 Å². The predicted octanol–water partition coefficient (Wildman–Crippen LogP) is 1.65. The van der Waals surface area contributed by atoms with Gasteiger partial charge in [0.15, 0.2) is 0 Å². The van der Waals surface area contributed by atoms with Gasteiger partial charge in [-0.05, 0) is 57.8 Å². The summed E-state index contributed by atoms with van der Waals surface area (Å²) < 4.78 is 0. The molecule has 0 amide bonds. The van der Waals surface area contributed by atoms with Crippen molar-refractivity contribution in [3.05, 3.63) is 0 Å². The minimum Gasteiger partial charge on any atom is -0.316 e. The van der Waals surface area contributed by atoms with Crippen LogP contribution >= 0.6 is 0 Å². The molecule has 0 saturated carbocycles. The first-order valence-corrected chi connectivity index (χ1v) is 7.63. The van der Waals surface area contributed by atoms with Crippen LogP contribution in [0.4, 0.5) is 0 Å². The second-order valence-electron chi connectivity index (χ2n) is 6.92. The zero-order valence-electron chi connectivity index (χ0n) is 12.7. The molecule has 0 aliphatic carbocycles. The predicted molar refractivity (Wildman–Crippen MR) is 77.9 cm³/mol. The first kappa shape index (κ1) is 14.3. The summed E-state index contributed by atoms with van der Waals surface area (Å²) in [4.78, 5) is 5.13. The number of hydrogen-bond donors (Lipinski definition) is 1. The molecule has 1 N–H and O–H groups in total. The van der Waals surface area contributed by atoms with Gasteiger partial charge in [-0.25, -0.2) is 0 Å². The topological polar surface area (TPSA) is 18.5 Å². The Morgan fingerprint density at radius 1 is 1.44 bits per heavy atom. The molecule has 106 valence electrons. The zero-order valence-corrected chi connectivity index (χ0v) is 12.7. The van der Waals surface area contributed by atoms with E-state index in [1.165, 1.54) is 52.0 Å². The zero-order chi connectivity index (χ0) is 13.2. The molecule has 3 heteroatoms. The summed E-state index contributed by atoms with van der Waals surface area (Å²) in [5, 5.41) is 3.57. The fraction of sp³-hybridized carbons (Fsp3) is 1.00. The number of rotatable bonds is 4. The third-order valence-corrected chi connectivity index (χ3v) is 5.29. The third-order valence-electron chi connectivity index (χ3n) is 5.29. The minimum absolute atomic E-state index is 0.505. The maximum absolute atomic E-state index is 3.57. The molecule has 2 atom stereocenters. The number of likely N-dealkylation sites (tertiary alicyclic amines) is 1. The summed E-state index contributed by atoms with van der Waals surface area (Å²) in [6.45, 7) is 11.0. The van der Waals surface area contributed by atoms with E-state index < -0.39 is 0 Å². The van der Waals surface area contributed by atoms with Crippen LogP contribution in [0.3, 0.4) is 0 Å². The lowest BCUT2D eigenvalue weighted by molar-refractivity contribution is 0.0713. The van der Waals surface area contributed by atoms with E-state index in [4.69, 9.17) is 0 Å². The van der Waals surface area contributed by atoms with Crippen molar-refractivity contribution in [1.29, 1.82) is 0 Å². The molecule has 2 heterocycles. The van der Waals surface area contributed by atoms with Crippen molar-refractivity contribution in [2.75, 3.05) is 46.8 Å². The first-order chi connectivity index (χ1) is 8.53. The summed E-state index contributed by atoms with van der Waals surface area (Å²) >= 11 is 0. The van der Waals surface area contributed by atoms with Crippen LogP contribution in [0.5, 0.6) is 0 Å². The molecule has 0 radical (unpaired) electrons. The average Bonchev–Trinajstić information content (AvgIpc) is 2.79. The molecule has 0 spiro atoms. The SMILES string of the molecule is CC(C)C1(CN(C)C2CCCN(C)C2)CCNC1. The Morgan fingerprint density at radius 3 is 2.78 bits per heavy atom. The minimum atomic E-state index is 0.505. The highest BCUT2D eigenvalue weighted by Gasteiger charge is 2.39. The van der Waals surface area contributed by atoms with Crippen molar-refractivity contribution < 1.29 is 0 Å². The van der Waals surface area contributed by atoms with Crippen LogP contribution in [0.1, 0.15) is 33.1 Å². The molecule has 18 heavy (non-hydrogen) atoms. The maximum Gasteiger partial charge on any atom is 0.0220 e. The third kappa shape index (κ3) is 3.06. The van der Waals surface area contributed by atoms with Gasteiger partial charge in [0.05, 0.1) is 0 Å². The Bertz CT molecular complexity index is 258. The Labute approximate surface area is 113 Å². The van der Waals surface area contributed by atoms with Gasteiger partial charge in [0.2, 0.25) is 0 Å². The Hall–Kier alpha value is -0.120. The summed E-state index contributed by atoms with van der Waals surface area (Å²) in [5.74, 6) is 0.774. The lowest BCUT2D eigenvalue weighted by Gasteiger charge is -2.42. The molecule has 0 aromatic carbocycles. The van der Waals surface area contributed by atoms with Gasteiger partial charge in [0, 0.05) is 25.7 Å². The molecule has 2 saturated heterocycles. The molecule has 2 unspecified atom stereocenters. The summed E-state index contributed by atoms with van der Waals surface area (Å²) in [7, 11) is 4.60. The monoisotopic (exact) mass is 253 g/mol. The van der Waals surface area contributed by atoms with Crippen molar-refractivity contribution in [3.63, 3.8) is 0 Å². The highest BCUT2D eigenvalue weighted by Crippen LogP contribution is 2.35. The molecule has 2 fully saturated rings. The fourth-order valence-corrected chi connectivity index (χ4v) is 3.70. The standard InChI is InChI=1S/C15H31N3/c1-13(2)15(7-8-16-11-15)12-18(4)14-6-5-9-17(3)10-14/h13-14,16H,5-12H2,1-4H3. The van der Waals surface area contributed by atoms with E-state index in [2.05, 4.69) is 43.1 Å². The Morgan fingerprint density at radius 2 is 2.22 bits per heavy atom. The molecular weight excluding hydrogens is 222 g/mol. The normalized spacial score (nSPS) is 34.7. The molecule has 0 aromatic heterocycles. The van der Waals surface area contributed by atoms with Crippen molar-refractivity contribution >= 4 is 0 Å². The number of nitrogens with one attached hydrogen (secondary N) is 1. The van der Waals surface area contributed by atoms with Gasteiger partial charge in [-0.1, -0.05) is 13.8 Å². The maximum atomic E-state index is 3.57. The van der Waals surface area contributed by atoms with E-state index in [1.54, 1.807) is 0 Å². The lowest BCUT2D eigenvalue weighted by atomic mass is 9.75. The molecule has 0 aromatic rings. The van der Waals surface area contributed by atoms with Crippen LogP contribution < -0.4 is 5.32 Å². The molecule has 2 rings (SSSR count). The van der Waals surface area contributed by atoms with E-state index in [9.17, 15) is 0 Å². The van der Waals surface area contributed by atoms with Crippen LogP contribution in [0, 0.1) is 11.3 Å². The molecule has 3 nitrogen and oxygen atoms in total. The quantitative estimate of drug-likeness (QED) is 0.822. The largest absolute Gasteiger partial charge is 0.316 e. The van der Waals surface area contributed by atoms with Crippen molar-refractivity contribution in [1.82, 2.24) is 15.1 Å². The van der Waals surface area contributed by atoms with Crippen LogP contribution in [0.2, 0.25) is 0 Å². The van der Waals surface area contributed by atoms with Gasteiger partial charge in [-0.2, -0.15) is 0 Å². The molecule has 2 aliphatic heterocycles. The van der Waals surface area contributed by atoms with Crippen LogP contribution in [-0.2, 0) is 0 Å².